The van der Waals surface area contributed by atoms with E-state index in [1.165, 1.54) is 0 Å². The third-order valence-electron chi connectivity index (χ3n) is 1.51. The van der Waals surface area contributed by atoms with Crippen LogP contribution in [0.15, 0.2) is 4.52 Å². The molecular weight excluding hydrogens is 174 g/mol. The molecule has 0 aliphatic carbocycles. The first-order valence-electron chi connectivity index (χ1n) is 3.85. The molecule has 2 N–H and O–H groups in total. The van der Waals surface area contributed by atoms with Crippen molar-refractivity contribution in [2.45, 2.75) is 25.1 Å². The van der Waals surface area contributed by atoms with E-state index in [-0.39, 0.29) is 6.04 Å². The molecule has 0 aliphatic heterocycles. The van der Waals surface area contributed by atoms with E-state index in [0.717, 1.165) is 18.0 Å². The van der Waals surface area contributed by atoms with Gasteiger partial charge in [0.2, 0.25) is 5.89 Å². The third kappa shape index (κ3) is 2.22. The summed E-state index contributed by atoms with van der Waals surface area (Å²) in [5.74, 6) is 2.04. The molecule has 0 aliphatic rings. The number of nitrogens with zero attached hydrogens (tertiary/aromatic N) is 2. The van der Waals surface area contributed by atoms with Crippen molar-refractivity contribution < 1.29 is 4.52 Å². The second kappa shape index (κ2) is 4.47. The van der Waals surface area contributed by atoms with Crippen molar-refractivity contribution >= 4 is 11.8 Å². The summed E-state index contributed by atoms with van der Waals surface area (Å²) >= 11 is 1.66. The Hall–Kier alpha value is -0.550. The van der Waals surface area contributed by atoms with Crippen molar-refractivity contribution in [2.24, 2.45) is 5.73 Å². The van der Waals surface area contributed by atoms with Gasteiger partial charge in [-0.2, -0.15) is 16.7 Å². The summed E-state index contributed by atoms with van der Waals surface area (Å²) in [6.45, 7) is 1.99. The molecule has 1 heterocycles. The maximum Gasteiger partial charge on any atom is 0.243 e. The lowest BCUT2D eigenvalue weighted by molar-refractivity contribution is 0.349. The summed E-state index contributed by atoms with van der Waals surface area (Å²) in [4.78, 5) is 4.15. The lowest BCUT2D eigenvalue weighted by Crippen LogP contribution is -2.08. The predicted molar refractivity (Wildman–Crippen MR) is 48.7 cm³/mol. The molecule has 1 aromatic rings. The van der Waals surface area contributed by atoms with E-state index in [4.69, 9.17) is 10.3 Å². The first-order chi connectivity index (χ1) is 5.77. The van der Waals surface area contributed by atoms with E-state index in [1.54, 1.807) is 11.8 Å². The average molecular weight is 187 g/mol. The topological polar surface area (TPSA) is 64.9 Å². The van der Waals surface area contributed by atoms with Crippen LogP contribution in [-0.2, 0) is 5.75 Å². The first kappa shape index (κ1) is 9.54. The third-order valence-corrected chi connectivity index (χ3v) is 2.06. The van der Waals surface area contributed by atoms with Gasteiger partial charge in [-0.25, -0.2) is 0 Å². The van der Waals surface area contributed by atoms with Crippen LogP contribution in [0.2, 0.25) is 0 Å². The van der Waals surface area contributed by atoms with E-state index >= 15 is 0 Å². The molecule has 1 aromatic heterocycles. The normalized spacial score (nSPS) is 13.2. The van der Waals surface area contributed by atoms with Gasteiger partial charge < -0.3 is 10.3 Å². The summed E-state index contributed by atoms with van der Waals surface area (Å²) in [7, 11) is 0. The number of rotatable bonds is 4. The van der Waals surface area contributed by atoms with Gasteiger partial charge in [0.15, 0.2) is 5.82 Å². The van der Waals surface area contributed by atoms with Crippen molar-refractivity contribution in [1.29, 1.82) is 0 Å². The Bertz CT molecular complexity index is 238. The minimum Gasteiger partial charge on any atom is -0.338 e. The van der Waals surface area contributed by atoms with Crippen LogP contribution in [0.5, 0.6) is 0 Å². The van der Waals surface area contributed by atoms with Gasteiger partial charge >= 0.3 is 0 Å². The predicted octanol–water partition coefficient (Wildman–Crippen LogP) is 1.34. The largest absolute Gasteiger partial charge is 0.338 e. The van der Waals surface area contributed by atoms with Gasteiger partial charge in [-0.05, 0) is 12.7 Å². The smallest absolute Gasteiger partial charge is 0.243 e. The van der Waals surface area contributed by atoms with Crippen molar-refractivity contribution in [1.82, 2.24) is 10.1 Å². The number of hydrogen-bond acceptors (Lipinski definition) is 5. The molecule has 0 saturated heterocycles. The fraction of sp³-hybridized carbons (Fsp3) is 0.714. The monoisotopic (exact) mass is 187 g/mol. The number of hydrogen-bond donors (Lipinski definition) is 1. The molecule has 1 atom stereocenters. The van der Waals surface area contributed by atoms with Gasteiger partial charge in [0, 0.05) is 0 Å². The van der Waals surface area contributed by atoms with Crippen LogP contribution in [0.4, 0.5) is 0 Å². The lowest BCUT2D eigenvalue weighted by Gasteiger charge is -1.98. The quantitative estimate of drug-likeness (QED) is 0.770. The highest BCUT2D eigenvalue weighted by atomic mass is 32.2. The van der Waals surface area contributed by atoms with Crippen LogP contribution in [0.3, 0.4) is 0 Å². The van der Waals surface area contributed by atoms with Crippen LogP contribution < -0.4 is 5.73 Å². The van der Waals surface area contributed by atoms with Crippen molar-refractivity contribution in [2.75, 3.05) is 6.26 Å². The number of nitrogens with two attached hydrogens (primary N) is 1. The second-order valence-electron chi connectivity index (χ2n) is 2.50. The Labute approximate surface area is 75.9 Å². The van der Waals surface area contributed by atoms with Crippen LogP contribution >= 0.6 is 11.8 Å². The van der Waals surface area contributed by atoms with Gasteiger partial charge in [0.25, 0.3) is 0 Å². The summed E-state index contributed by atoms with van der Waals surface area (Å²) in [6.07, 6.45) is 2.82. The molecule has 5 heteroatoms. The van der Waals surface area contributed by atoms with Gasteiger partial charge in [0.1, 0.15) is 0 Å². The van der Waals surface area contributed by atoms with E-state index in [9.17, 15) is 0 Å². The molecule has 4 nitrogen and oxygen atoms in total. The van der Waals surface area contributed by atoms with Gasteiger partial charge in [-0.1, -0.05) is 12.1 Å². The van der Waals surface area contributed by atoms with Crippen molar-refractivity contribution in [3.63, 3.8) is 0 Å². The maximum absolute atomic E-state index is 5.70. The van der Waals surface area contributed by atoms with Crippen LogP contribution in [-0.4, -0.2) is 16.4 Å². The Morgan fingerprint density at radius 2 is 2.42 bits per heavy atom. The Morgan fingerprint density at radius 3 is 3.00 bits per heavy atom. The molecule has 0 aromatic carbocycles. The molecule has 0 radical (unpaired) electrons. The Morgan fingerprint density at radius 1 is 1.67 bits per heavy atom. The van der Waals surface area contributed by atoms with Crippen LogP contribution in [0.1, 0.15) is 31.1 Å². The molecule has 0 fully saturated rings. The van der Waals surface area contributed by atoms with E-state index in [2.05, 4.69) is 10.1 Å². The lowest BCUT2D eigenvalue weighted by atomic mass is 10.2. The minimum absolute atomic E-state index is 0.117. The van der Waals surface area contributed by atoms with E-state index in [1.807, 2.05) is 13.2 Å². The molecule has 0 unspecified atom stereocenters. The summed E-state index contributed by atoms with van der Waals surface area (Å²) in [5, 5.41) is 3.79. The summed E-state index contributed by atoms with van der Waals surface area (Å²) in [6, 6.07) is -0.117. The zero-order valence-electron chi connectivity index (χ0n) is 7.28. The fourth-order valence-corrected chi connectivity index (χ4v) is 1.16. The molecule has 68 valence electrons. The van der Waals surface area contributed by atoms with Crippen molar-refractivity contribution in [3.8, 4) is 0 Å². The molecular formula is C7H13N3OS. The Kier molecular flexibility index (Phi) is 3.55. The number of aromatic nitrogens is 2. The zero-order valence-corrected chi connectivity index (χ0v) is 8.10. The highest BCUT2D eigenvalue weighted by Gasteiger charge is 2.11. The fourth-order valence-electron chi connectivity index (χ4n) is 0.780. The first-order valence-corrected chi connectivity index (χ1v) is 5.24. The highest BCUT2D eigenvalue weighted by molar-refractivity contribution is 7.97. The summed E-state index contributed by atoms with van der Waals surface area (Å²) in [5.41, 5.74) is 5.70. The number of thioether (sulfide) groups is 1. The highest BCUT2D eigenvalue weighted by Crippen LogP contribution is 2.12. The van der Waals surface area contributed by atoms with E-state index < -0.39 is 0 Å². The molecule has 1 rings (SSSR count). The van der Waals surface area contributed by atoms with Crippen LogP contribution in [0, 0.1) is 0 Å². The molecule has 12 heavy (non-hydrogen) atoms. The molecule has 0 amide bonds. The molecule has 0 saturated carbocycles. The minimum atomic E-state index is -0.117. The van der Waals surface area contributed by atoms with Gasteiger partial charge in [-0.15, -0.1) is 0 Å². The molecule has 0 bridgehead atoms. The standard InChI is InChI=1S/C7H13N3OS/c1-3-5(8)7-9-6(4-12-2)10-11-7/h5H,3-4,8H2,1-2H3/t5-/m0/s1. The van der Waals surface area contributed by atoms with Crippen LogP contribution in [0.25, 0.3) is 0 Å². The van der Waals surface area contributed by atoms with Gasteiger partial charge in [0.05, 0.1) is 11.8 Å². The van der Waals surface area contributed by atoms with Gasteiger partial charge in [-0.3, -0.25) is 0 Å². The second-order valence-corrected chi connectivity index (χ2v) is 3.36. The summed E-state index contributed by atoms with van der Waals surface area (Å²) < 4.78 is 4.97. The molecule has 0 spiro atoms. The Balaban J connectivity index is 2.63. The average Bonchev–Trinajstić information content (AvgIpc) is 2.52. The maximum atomic E-state index is 5.70. The van der Waals surface area contributed by atoms with E-state index in [0.29, 0.717) is 5.89 Å². The SMILES string of the molecule is CC[C@H](N)c1nc(CSC)no1. The van der Waals surface area contributed by atoms with Crippen molar-refractivity contribution in [3.05, 3.63) is 11.7 Å². The zero-order chi connectivity index (χ0) is 8.97.